The first-order valence-electron chi connectivity index (χ1n) is 17.7. The van der Waals surface area contributed by atoms with Crippen LogP contribution in [-0.2, 0) is 19.1 Å². The standard InChI is InChI=1S/C38H51N5O6/c1-7-29-35(47)43-20-24(9-11-34(43)42(29)6)16-25-17-26(36(48)49-25)28(41-23(3)30(45)19-33-39-14-15-40-33)18-27-22(2)8-10-31-37(27,4)13-12-32(46)38(31,5)21-44/h9,11,14,16-17,20,23,27-29,31-32,34,41,44,46H,2,7-8,10,12-13,15,18-19,21H2,1,3-6H3/b25-16+/t23?,27?,28?,29?,31?,32-,34?,37-,38+/m1/s1. The van der Waals surface area contributed by atoms with Gasteiger partial charge in [-0.3, -0.25) is 24.4 Å². The molecule has 0 spiro atoms. The Morgan fingerprint density at radius 3 is 2.76 bits per heavy atom. The number of cyclic esters (lactones) is 1. The number of allylic oxidation sites excluding steroid dienone is 5. The van der Waals surface area contributed by atoms with Gasteiger partial charge >= 0.3 is 5.97 Å². The van der Waals surface area contributed by atoms with E-state index in [2.05, 4.69) is 33.7 Å². The van der Waals surface area contributed by atoms with Crippen LogP contribution >= 0.6 is 0 Å². The summed E-state index contributed by atoms with van der Waals surface area (Å²) in [7, 11) is 1.95. The first-order chi connectivity index (χ1) is 23.3. The predicted octanol–water partition coefficient (Wildman–Crippen LogP) is 3.61. The van der Waals surface area contributed by atoms with Gasteiger partial charge < -0.3 is 20.3 Å². The number of Topliss-reactive ketones (excluding diaryl/α,β-unsaturated/α-hetero) is 1. The lowest BCUT2D eigenvalue weighted by atomic mass is 9.46. The quantitative estimate of drug-likeness (QED) is 0.223. The van der Waals surface area contributed by atoms with Gasteiger partial charge in [-0.1, -0.05) is 39.0 Å². The van der Waals surface area contributed by atoms with Gasteiger partial charge in [0, 0.05) is 23.9 Å². The third kappa shape index (κ3) is 6.35. The molecule has 6 unspecified atom stereocenters. The molecule has 264 valence electrons. The van der Waals surface area contributed by atoms with Gasteiger partial charge in [0.1, 0.15) is 17.8 Å². The van der Waals surface area contributed by atoms with E-state index in [4.69, 9.17) is 4.74 Å². The Balaban J connectivity index is 1.30. The van der Waals surface area contributed by atoms with Gasteiger partial charge in [-0.25, -0.2) is 9.79 Å². The number of amidine groups is 1. The molecule has 3 N–H and O–H groups in total. The van der Waals surface area contributed by atoms with Crippen LogP contribution in [-0.4, -0.2) is 100 Å². The minimum atomic E-state index is -0.648. The van der Waals surface area contributed by atoms with Crippen LogP contribution in [0.2, 0.25) is 0 Å². The number of nitrogens with one attached hydrogen (secondary N) is 1. The van der Waals surface area contributed by atoms with E-state index < -0.39 is 29.6 Å². The molecule has 0 aromatic rings. The van der Waals surface area contributed by atoms with Crippen molar-refractivity contribution < 1.29 is 29.3 Å². The van der Waals surface area contributed by atoms with E-state index in [9.17, 15) is 24.6 Å². The van der Waals surface area contributed by atoms with Crippen LogP contribution < -0.4 is 5.32 Å². The highest BCUT2D eigenvalue weighted by atomic mass is 16.5. The van der Waals surface area contributed by atoms with Gasteiger partial charge in [-0.2, -0.15) is 0 Å². The molecule has 1 saturated heterocycles. The second-order valence-corrected chi connectivity index (χ2v) is 15.2. The summed E-state index contributed by atoms with van der Waals surface area (Å²) in [5.41, 5.74) is 1.30. The van der Waals surface area contributed by atoms with Gasteiger partial charge in [0.2, 0.25) is 5.91 Å². The van der Waals surface area contributed by atoms with Gasteiger partial charge in [0.15, 0.2) is 5.78 Å². The van der Waals surface area contributed by atoms with Gasteiger partial charge in [0.25, 0.3) is 0 Å². The first kappa shape index (κ1) is 35.3. The molecule has 4 aliphatic heterocycles. The molecule has 6 rings (SSSR count). The van der Waals surface area contributed by atoms with Crippen molar-refractivity contribution >= 4 is 29.7 Å². The zero-order valence-electron chi connectivity index (χ0n) is 29.4. The lowest BCUT2D eigenvalue weighted by Gasteiger charge is -2.60. The fourth-order valence-electron chi connectivity index (χ4n) is 9.35. The Bertz CT molecular complexity index is 1590. The minimum absolute atomic E-state index is 0.0408. The number of aliphatic imine (C=N–C) groups is 2. The van der Waals surface area contributed by atoms with Gasteiger partial charge in [0.05, 0.1) is 43.3 Å². The maximum absolute atomic E-state index is 13.6. The molecule has 3 fully saturated rings. The van der Waals surface area contributed by atoms with E-state index in [0.29, 0.717) is 43.0 Å². The van der Waals surface area contributed by atoms with Crippen molar-refractivity contribution in [3.05, 3.63) is 59.6 Å². The number of carbonyl (C=O) groups is 3. The number of aliphatic hydroxyl groups excluding tert-OH is 2. The van der Waals surface area contributed by atoms with Crippen molar-refractivity contribution in [3.8, 4) is 0 Å². The third-order valence-corrected chi connectivity index (χ3v) is 12.3. The minimum Gasteiger partial charge on any atom is -0.423 e. The third-order valence-electron chi connectivity index (χ3n) is 12.3. The molecule has 0 aromatic carbocycles. The number of aliphatic hydroxyl groups is 2. The molecule has 49 heavy (non-hydrogen) atoms. The highest BCUT2D eigenvalue weighted by molar-refractivity contribution is 6.07. The fourth-order valence-corrected chi connectivity index (χ4v) is 9.35. The zero-order chi connectivity index (χ0) is 35.2. The van der Waals surface area contributed by atoms with Crippen molar-refractivity contribution in [3.63, 3.8) is 0 Å². The van der Waals surface area contributed by atoms with E-state index in [-0.39, 0.29) is 54.2 Å². The Labute approximate surface area is 289 Å². The predicted molar refractivity (Wildman–Crippen MR) is 187 cm³/mol. The number of ketones is 1. The second kappa shape index (κ2) is 13.7. The summed E-state index contributed by atoms with van der Waals surface area (Å²) in [6.45, 7) is 12.9. The van der Waals surface area contributed by atoms with E-state index >= 15 is 0 Å². The molecule has 9 atom stereocenters. The molecular formula is C38H51N5O6. The number of nitrogens with zero attached hydrogens (tertiary/aromatic N) is 4. The van der Waals surface area contributed by atoms with Crippen LogP contribution in [0.5, 0.6) is 0 Å². The number of fused-ring (bicyclic) bond motifs is 2. The summed E-state index contributed by atoms with van der Waals surface area (Å²) in [6.07, 6.45) is 14.4. The summed E-state index contributed by atoms with van der Waals surface area (Å²) in [4.78, 5) is 52.3. The Morgan fingerprint density at radius 1 is 1.29 bits per heavy atom. The molecule has 0 radical (unpaired) electrons. The normalized spacial score (nSPS) is 36.3. The Hall–Kier alpha value is -3.51. The average Bonchev–Trinajstić information content (AvgIpc) is 3.78. The Morgan fingerprint density at radius 2 is 2.06 bits per heavy atom. The van der Waals surface area contributed by atoms with E-state index in [0.717, 1.165) is 30.4 Å². The van der Waals surface area contributed by atoms with Gasteiger partial charge in [-0.05, 0) is 93.5 Å². The van der Waals surface area contributed by atoms with E-state index in [1.54, 1.807) is 36.4 Å². The summed E-state index contributed by atoms with van der Waals surface area (Å²) in [5.74, 6) is 0.349. The first-order valence-corrected chi connectivity index (χ1v) is 17.7. The molecule has 11 heteroatoms. The highest BCUT2D eigenvalue weighted by Crippen LogP contribution is 2.62. The lowest BCUT2D eigenvalue weighted by Crippen LogP contribution is -2.58. The molecule has 4 heterocycles. The molecule has 2 saturated carbocycles. The lowest BCUT2D eigenvalue weighted by molar-refractivity contribution is -0.153. The Kier molecular flexibility index (Phi) is 9.85. The number of likely N-dealkylation sites (N-methyl/N-ethyl adjacent to an activating group) is 1. The maximum Gasteiger partial charge on any atom is 0.341 e. The number of rotatable bonds is 11. The molecular weight excluding hydrogens is 622 g/mol. The summed E-state index contributed by atoms with van der Waals surface area (Å²) in [6, 6.07) is -1.33. The van der Waals surface area contributed by atoms with Crippen LogP contribution in [0.15, 0.2) is 69.5 Å². The fraction of sp³-hybridized carbons (Fsp3) is 0.605. The average molecular weight is 674 g/mol. The van der Waals surface area contributed by atoms with Crippen molar-refractivity contribution in [2.24, 2.45) is 32.7 Å². The number of carbonyl (C=O) groups excluding carboxylic acids is 3. The smallest absolute Gasteiger partial charge is 0.341 e. The van der Waals surface area contributed by atoms with Crippen LogP contribution in [0.1, 0.15) is 72.6 Å². The molecule has 0 aromatic heterocycles. The monoisotopic (exact) mass is 673 g/mol. The van der Waals surface area contributed by atoms with Crippen LogP contribution in [0.4, 0.5) is 0 Å². The SMILES string of the molecule is C=C1CCC2[C@](C)(CC[C@@H](O)[C@@]2(C)CO)C1CC(NC(C)C(=O)CC1=NCC=N1)C1=C/C(=C\C2=CN3C(=O)C(CC)N(C)C3C=C2)OC1=O. The van der Waals surface area contributed by atoms with Crippen LogP contribution in [0, 0.1) is 22.7 Å². The molecule has 1 amide bonds. The summed E-state index contributed by atoms with van der Waals surface area (Å²) < 4.78 is 5.81. The maximum atomic E-state index is 13.6. The molecule has 6 aliphatic rings. The van der Waals surface area contributed by atoms with Crippen molar-refractivity contribution in [2.45, 2.75) is 103 Å². The number of hydrogen-bond acceptors (Lipinski definition) is 10. The summed E-state index contributed by atoms with van der Waals surface area (Å²) in [5, 5.41) is 25.0. The molecule has 2 aliphatic carbocycles. The van der Waals surface area contributed by atoms with Crippen LogP contribution in [0.3, 0.4) is 0 Å². The van der Waals surface area contributed by atoms with Crippen molar-refractivity contribution in [1.82, 2.24) is 15.1 Å². The van der Waals surface area contributed by atoms with Crippen molar-refractivity contribution in [1.29, 1.82) is 0 Å². The summed E-state index contributed by atoms with van der Waals surface area (Å²) >= 11 is 0. The van der Waals surface area contributed by atoms with E-state index in [1.165, 1.54) is 0 Å². The second-order valence-electron chi connectivity index (χ2n) is 15.2. The van der Waals surface area contributed by atoms with Crippen molar-refractivity contribution in [2.75, 3.05) is 20.2 Å². The number of esters is 1. The molecule has 11 nitrogen and oxygen atoms in total. The number of ether oxygens (including phenoxy) is 1. The largest absolute Gasteiger partial charge is 0.423 e. The van der Waals surface area contributed by atoms with E-state index in [1.807, 2.05) is 33.0 Å². The topological polar surface area (TPSA) is 144 Å². The highest BCUT2D eigenvalue weighted by Gasteiger charge is 2.58. The zero-order valence-corrected chi connectivity index (χ0v) is 29.4. The van der Waals surface area contributed by atoms with Gasteiger partial charge in [-0.15, -0.1) is 0 Å². The van der Waals surface area contributed by atoms with Crippen LogP contribution in [0.25, 0.3) is 0 Å². The number of hydrogen-bond donors (Lipinski definition) is 3. The number of amides is 1. The molecule has 0 bridgehead atoms.